The van der Waals surface area contributed by atoms with E-state index in [4.69, 9.17) is 4.74 Å². The van der Waals surface area contributed by atoms with Crippen LogP contribution in [0.1, 0.15) is 17.7 Å². The number of cyclic esters (lactones) is 1. The van der Waals surface area contributed by atoms with Gasteiger partial charge in [-0.2, -0.15) is 4.99 Å². The average molecular weight is 274 g/mol. The molecular formula is C14H14N2O2S. The predicted molar refractivity (Wildman–Crippen MR) is 72.4 cm³/mol. The molecule has 2 bridgehead atoms. The normalized spacial score (nSPS) is 37.7. The maximum absolute atomic E-state index is 12.1. The Labute approximate surface area is 115 Å². The number of carbonyl (C=O) groups excluding carboxylic acids is 1. The average Bonchev–Trinajstić information content (AvgIpc) is 2.98. The minimum absolute atomic E-state index is 0.0106. The molecule has 19 heavy (non-hydrogen) atoms. The highest BCUT2D eigenvalue weighted by atomic mass is 32.1. The Balaban J connectivity index is 1.73. The number of fused-ring (bicyclic) bond motifs is 1. The van der Waals surface area contributed by atoms with Crippen LogP contribution in [-0.4, -0.2) is 16.9 Å². The summed E-state index contributed by atoms with van der Waals surface area (Å²) < 4.78 is 5.44. The van der Waals surface area contributed by atoms with Gasteiger partial charge < -0.3 is 4.74 Å². The predicted octanol–water partition coefficient (Wildman–Crippen LogP) is 2.87. The molecule has 4 nitrogen and oxygen atoms in total. The van der Waals surface area contributed by atoms with Crippen LogP contribution >= 0.6 is 11.3 Å². The van der Waals surface area contributed by atoms with Crippen LogP contribution in [0, 0.1) is 30.6 Å². The first kappa shape index (κ1) is 11.3. The van der Waals surface area contributed by atoms with E-state index in [-0.39, 0.29) is 17.8 Å². The number of esters is 1. The lowest BCUT2D eigenvalue weighted by Crippen LogP contribution is -2.38. The first-order valence-electron chi connectivity index (χ1n) is 6.63. The molecule has 1 aliphatic heterocycles. The summed E-state index contributed by atoms with van der Waals surface area (Å²) in [6.07, 6.45) is 8.45. The van der Waals surface area contributed by atoms with Crippen molar-refractivity contribution < 1.29 is 9.53 Å². The molecule has 4 aliphatic rings. The van der Waals surface area contributed by atoms with Gasteiger partial charge in [0.05, 0.1) is 11.8 Å². The van der Waals surface area contributed by atoms with Crippen molar-refractivity contribution in [2.45, 2.75) is 19.8 Å². The molecule has 4 atom stereocenters. The number of aryl methyl sites for hydroxylation is 1. The summed E-state index contributed by atoms with van der Waals surface area (Å²) >= 11 is 1.53. The molecule has 0 spiro atoms. The molecule has 1 aromatic rings. The van der Waals surface area contributed by atoms with Crippen molar-refractivity contribution in [3.8, 4) is 0 Å². The highest BCUT2D eigenvalue weighted by molar-refractivity contribution is 7.15. The third-order valence-corrected chi connectivity index (χ3v) is 5.13. The largest absolute Gasteiger partial charge is 0.411 e. The van der Waals surface area contributed by atoms with Crippen molar-refractivity contribution in [1.29, 1.82) is 0 Å². The van der Waals surface area contributed by atoms with E-state index in [1.165, 1.54) is 11.3 Å². The van der Waals surface area contributed by atoms with E-state index in [0.717, 1.165) is 17.7 Å². The lowest BCUT2D eigenvalue weighted by molar-refractivity contribution is -0.139. The van der Waals surface area contributed by atoms with Gasteiger partial charge in [-0.25, -0.2) is 4.98 Å². The van der Waals surface area contributed by atoms with Crippen LogP contribution in [0.3, 0.4) is 0 Å². The third-order valence-electron chi connectivity index (χ3n) is 4.33. The Hall–Kier alpha value is -1.49. The molecule has 5 heteroatoms. The zero-order valence-corrected chi connectivity index (χ0v) is 11.4. The van der Waals surface area contributed by atoms with Gasteiger partial charge in [0.1, 0.15) is 0 Å². The zero-order valence-electron chi connectivity index (χ0n) is 10.6. The number of hydrogen-bond donors (Lipinski definition) is 0. The summed E-state index contributed by atoms with van der Waals surface area (Å²) in [5.74, 6) is 1.36. The monoisotopic (exact) mass is 274 g/mol. The lowest BCUT2D eigenvalue weighted by Gasteiger charge is -2.37. The van der Waals surface area contributed by atoms with Crippen molar-refractivity contribution >= 4 is 28.3 Å². The Bertz CT molecular complexity index is 604. The summed E-state index contributed by atoms with van der Waals surface area (Å²) in [5, 5.41) is 0.686. The zero-order chi connectivity index (χ0) is 13.0. The van der Waals surface area contributed by atoms with Crippen LogP contribution in [0.25, 0.3) is 0 Å². The second kappa shape index (κ2) is 4.00. The van der Waals surface area contributed by atoms with Crippen molar-refractivity contribution in [3.63, 3.8) is 0 Å². The SMILES string of the molecule is Cc1cnc(N=C2OC(=O)C3C2[C@@H]2C=C[C@H]3CC2)s1. The van der Waals surface area contributed by atoms with E-state index in [0.29, 0.717) is 22.9 Å². The molecule has 5 rings (SSSR count). The maximum atomic E-state index is 12.1. The van der Waals surface area contributed by atoms with Crippen LogP contribution in [0.4, 0.5) is 5.13 Å². The van der Waals surface area contributed by atoms with E-state index in [1.54, 1.807) is 6.20 Å². The van der Waals surface area contributed by atoms with Gasteiger partial charge in [-0.05, 0) is 31.6 Å². The van der Waals surface area contributed by atoms with Crippen LogP contribution in [0.5, 0.6) is 0 Å². The number of hydrogen-bond acceptors (Lipinski definition) is 5. The summed E-state index contributed by atoms with van der Waals surface area (Å²) in [7, 11) is 0. The van der Waals surface area contributed by atoms with E-state index in [1.807, 2.05) is 6.92 Å². The smallest absolute Gasteiger partial charge is 0.316 e. The van der Waals surface area contributed by atoms with Crippen molar-refractivity contribution in [3.05, 3.63) is 23.2 Å². The minimum atomic E-state index is -0.101. The van der Waals surface area contributed by atoms with E-state index in [2.05, 4.69) is 22.1 Å². The highest BCUT2D eigenvalue weighted by Gasteiger charge is 2.53. The number of ether oxygens (including phenoxy) is 1. The quantitative estimate of drug-likeness (QED) is 0.584. The van der Waals surface area contributed by atoms with E-state index < -0.39 is 0 Å². The molecule has 3 aliphatic carbocycles. The topological polar surface area (TPSA) is 51.6 Å². The highest BCUT2D eigenvalue weighted by Crippen LogP contribution is 2.49. The lowest BCUT2D eigenvalue weighted by atomic mass is 9.63. The van der Waals surface area contributed by atoms with Crippen LogP contribution in [0.15, 0.2) is 23.3 Å². The fraction of sp³-hybridized carbons (Fsp3) is 0.500. The number of aliphatic imine (C=N–C) groups is 1. The molecule has 0 aromatic carbocycles. The second-order valence-corrected chi connectivity index (χ2v) is 6.68. The van der Waals surface area contributed by atoms with Gasteiger partial charge in [-0.3, -0.25) is 4.79 Å². The molecular weight excluding hydrogens is 260 g/mol. The number of rotatable bonds is 1. The third kappa shape index (κ3) is 1.68. The molecule has 2 unspecified atom stereocenters. The number of carbonyl (C=O) groups is 1. The van der Waals surface area contributed by atoms with Gasteiger partial charge in [-0.1, -0.05) is 12.2 Å². The molecule has 1 saturated carbocycles. The molecule has 1 saturated heterocycles. The van der Waals surface area contributed by atoms with Crippen LogP contribution < -0.4 is 0 Å². The van der Waals surface area contributed by atoms with E-state index >= 15 is 0 Å². The molecule has 0 radical (unpaired) electrons. The fourth-order valence-corrected chi connectivity index (χ4v) is 4.11. The fourth-order valence-electron chi connectivity index (χ4n) is 3.48. The number of allylic oxidation sites excluding steroid dienone is 2. The van der Waals surface area contributed by atoms with Crippen molar-refractivity contribution in [1.82, 2.24) is 4.98 Å². The number of nitrogens with zero attached hydrogens (tertiary/aromatic N) is 2. The Kier molecular flexibility index (Phi) is 2.39. The summed E-state index contributed by atoms with van der Waals surface area (Å²) in [6.45, 7) is 2.00. The summed E-state index contributed by atoms with van der Waals surface area (Å²) in [4.78, 5) is 21.9. The number of thiazole rings is 1. The van der Waals surface area contributed by atoms with Gasteiger partial charge >= 0.3 is 5.97 Å². The molecule has 0 N–H and O–H groups in total. The van der Waals surface area contributed by atoms with Crippen molar-refractivity contribution in [2.24, 2.45) is 28.7 Å². The van der Waals surface area contributed by atoms with Crippen molar-refractivity contribution in [2.75, 3.05) is 0 Å². The van der Waals surface area contributed by atoms with Crippen LogP contribution in [0.2, 0.25) is 0 Å². The number of aromatic nitrogens is 1. The second-order valence-electron chi connectivity index (χ2n) is 5.47. The van der Waals surface area contributed by atoms with E-state index in [9.17, 15) is 4.79 Å². The van der Waals surface area contributed by atoms with Gasteiger partial charge in [0, 0.05) is 11.1 Å². The Morgan fingerprint density at radius 2 is 2.05 bits per heavy atom. The van der Waals surface area contributed by atoms with Gasteiger partial charge in [0.15, 0.2) is 0 Å². The van der Waals surface area contributed by atoms with Crippen LogP contribution in [-0.2, 0) is 9.53 Å². The summed E-state index contributed by atoms with van der Waals surface area (Å²) in [5.41, 5.74) is 0. The molecule has 0 amide bonds. The van der Waals surface area contributed by atoms with Gasteiger partial charge in [-0.15, -0.1) is 11.3 Å². The molecule has 98 valence electrons. The van der Waals surface area contributed by atoms with Gasteiger partial charge in [0.2, 0.25) is 11.0 Å². The first-order chi connectivity index (χ1) is 9.22. The van der Waals surface area contributed by atoms with Gasteiger partial charge in [0.25, 0.3) is 0 Å². The minimum Gasteiger partial charge on any atom is -0.411 e. The molecule has 2 fully saturated rings. The first-order valence-corrected chi connectivity index (χ1v) is 7.45. The summed E-state index contributed by atoms with van der Waals surface area (Å²) in [6, 6.07) is 0. The standard InChI is InChI=1S/C14H14N2O2S/c1-7-6-15-14(19-7)16-12-10-8-2-4-9(5-3-8)11(10)13(17)18-12/h2,4,6,8-11H,3,5H2,1H3/t8-,9+,10?,11?/m1/s1. The Morgan fingerprint density at radius 1 is 1.32 bits per heavy atom. The Morgan fingerprint density at radius 3 is 2.68 bits per heavy atom. The molecule has 1 aromatic heterocycles. The molecule has 2 heterocycles. The maximum Gasteiger partial charge on any atom is 0.316 e.